The van der Waals surface area contributed by atoms with E-state index in [9.17, 15) is 0 Å². The zero-order valence-electron chi connectivity index (χ0n) is 10.2. The molecule has 0 fully saturated rings. The Labute approximate surface area is 123 Å². The molecule has 96 valence electrons. The van der Waals surface area contributed by atoms with Crippen molar-refractivity contribution in [2.75, 3.05) is 0 Å². The molecule has 0 aliphatic rings. The van der Waals surface area contributed by atoms with Crippen LogP contribution in [0.15, 0.2) is 36.9 Å². The van der Waals surface area contributed by atoms with Gasteiger partial charge in [0.2, 0.25) is 0 Å². The summed E-state index contributed by atoms with van der Waals surface area (Å²) in [5.74, 6) is 1.57. The molecular weight excluding hydrogens is 355 g/mol. The van der Waals surface area contributed by atoms with Crippen molar-refractivity contribution in [1.82, 2.24) is 29.5 Å². The van der Waals surface area contributed by atoms with Gasteiger partial charge >= 0.3 is 0 Å². The van der Waals surface area contributed by atoms with Gasteiger partial charge in [0.05, 0.1) is 0 Å². The highest BCUT2D eigenvalue weighted by molar-refractivity contribution is 14.1. The molecule has 0 atom stereocenters. The maximum Gasteiger partial charge on any atom is 0.181 e. The molecule has 2 aromatic heterocycles. The van der Waals surface area contributed by atoms with Crippen LogP contribution in [0.1, 0.15) is 5.82 Å². The molecule has 0 N–H and O–H groups in total. The van der Waals surface area contributed by atoms with Crippen molar-refractivity contribution < 1.29 is 0 Å². The number of benzene rings is 1. The highest BCUT2D eigenvalue weighted by Crippen LogP contribution is 2.16. The Bertz CT molecular complexity index is 684. The molecular formula is C12H11IN6. The van der Waals surface area contributed by atoms with Crippen LogP contribution in [0.2, 0.25) is 0 Å². The predicted octanol–water partition coefficient (Wildman–Crippen LogP) is 1.73. The molecule has 2 heterocycles. The summed E-state index contributed by atoms with van der Waals surface area (Å²) in [6, 6.07) is 8.12. The van der Waals surface area contributed by atoms with Gasteiger partial charge < -0.3 is 0 Å². The van der Waals surface area contributed by atoms with Crippen LogP contribution in [-0.2, 0) is 13.6 Å². The Morgan fingerprint density at radius 1 is 1.16 bits per heavy atom. The Morgan fingerprint density at radius 2 is 1.95 bits per heavy atom. The first kappa shape index (κ1) is 12.3. The molecule has 0 radical (unpaired) electrons. The summed E-state index contributed by atoms with van der Waals surface area (Å²) in [6.07, 6.45) is 3.24. The van der Waals surface area contributed by atoms with Crippen molar-refractivity contribution in [1.29, 1.82) is 0 Å². The lowest BCUT2D eigenvalue weighted by Crippen LogP contribution is -2.07. The van der Waals surface area contributed by atoms with Crippen molar-refractivity contribution in [2.45, 2.75) is 6.54 Å². The van der Waals surface area contributed by atoms with Crippen molar-refractivity contribution in [3.8, 4) is 11.4 Å². The van der Waals surface area contributed by atoms with E-state index in [4.69, 9.17) is 0 Å². The lowest BCUT2D eigenvalue weighted by Gasteiger charge is -1.99. The highest BCUT2D eigenvalue weighted by Gasteiger charge is 2.06. The summed E-state index contributed by atoms with van der Waals surface area (Å²) in [7, 11) is 1.86. The van der Waals surface area contributed by atoms with Gasteiger partial charge in [0.1, 0.15) is 25.0 Å². The fourth-order valence-corrected chi connectivity index (χ4v) is 2.07. The smallest absolute Gasteiger partial charge is 0.181 e. The molecule has 1 aromatic carbocycles. The largest absolute Gasteiger partial charge is 0.251 e. The van der Waals surface area contributed by atoms with E-state index in [1.54, 1.807) is 15.7 Å². The fraction of sp³-hybridized carbons (Fsp3) is 0.167. The number of hydrogen-bond acceptors (Lipinski definition) is 4. The first-order chi connectivity index (χ1) is 9.22. The molecule has 19 heavy (non-hydrogen) atoms. The van der Waals surface area contributed by atoms with Crippen molar-refractivity contribution in [3.63, 3.8) is 0 Å². The molecule has 0 unspecified atom stereocenters. The van der Waals surface area contributed by atoms with Crippen LogP contribution in [0.5, 0.6) is 0 Å². The zero-order chi connectivity index (χ0) is 13.2. The topological polar surface area (TPSA) is 61.4 Å². The second kappa shape index (κ2) is 5.08. The first-order valence-electron chi connectivity index (χ1n) is 5.70. The van der Waals surface area contributed by atoms with Crippen LogP contribution < -0.4 is 0 Å². The summed E-state index contributed by atoms with van der Waals surface area (Å²) in [5.41, 5.74) is 1.01. The number of halogens is 1. The molecule has 0 saturated carbocycles. The predicted molar refractivity (Wildman–Crippen MR) is 78.3 cm³/mol. The van der Waals surface area contributed by atoms with E-state index in [-0.39, 0.29) is 0 Å². The molecule has 3 aromatic rings. The average Bonchev–Trinajstić information content (AvgIpc) is 3.01. The first-order valence-corrected chi connectivity index (χ1v) is 6.78. The Morgan fingerprint density at radius 3 is 2.63 bits per heavy atom. The van der Waals surface area contributed by atoms with Crippen LogP contribution in [0, 0.1) is 3.57 Å². The van der Waals surface area contributed by atoms with Gasteiger partial charge in [0.15, 0.2) is 5.82 Å². The van der Waals surface area contributed by atoms with E-state index in [0.717, 1.165) is 17.2 Å². The minimum absolute atomic E-state index is 0.563. The van der Waals surface area contributed by atoms with Crippen molar-refractivity contribution in [2.24, 2.45) is 7.05 Å². The quantitative estimate of drug-likeness (QED) is 0.663. The number of nitrogens with zero attached hydrogens (tertiary/aromatic N) is 6. The van der Waals surface area contributed by atoms with E-state index in [1.807, 2.05) is 31.3 Å². The van der Waals surface area contributed by atoms with Crippen LogP contribution >= 0.6 is 22.6 Å². The minimum atomic E-state index is 0.563. The number of rotatable bonds is 3. The second-order valence-corrected chi connectivity index (χ2v) is 5.32. The van der Waals surface area contributed by atoms with E-state index < -0.39 is 0 Å². The van der Waals surface area contributed by atoms with Gasteiger partial charge in [-0.05, 0) is 34.7 Å². The average molecular weight is 366 g/mol. The summed E-state index contributed by atoms with van der Waals surface area (Å²) >= 11 is 2.28. The van der Waals surface area contributed by atoms with Gasteiger partial charge in [-0.3, -0.25) is 4.68 Å². The van der Waals surface area contributed by atoms with Gasteiger partial charge in [0.25, 0.3) is 0 Å². The Kier molecular flexibility index (Phi) is 3.28. The summed E-state index contributed by atoms with van der Waals surface area (Å²) in [4.78, 5) is 8.49. The molecule has 0 spiro atoms. The van der Waals surface area contributed by atoms with Gasteiger partial charge in [-0.2, -0.15) is 10.2 Å². The molecule has 0 aliphatic carbocycles. The van der Waals surface area contributed by atoms with Crippen molar-refractivity contribution >= 4 is 22.6 Å². The molecule has 0 bridgehead atoms. The van der Waals surface area contributed by atoms with E-state index in [0.29, 0.717) is 6.54 Å². The van der Waals surface area contributed by atoms with E-state index in [1.165, 1.54) is 9.90 Å². The molecule has 0 amide bonds. The zero-order valence-corrected chi connectivity index (χ0v) is 12.4. The van der Waals surface area contributed by atoms with Crippen LogP contribution in [0.3, 0.4) is 0 Å². The van der Waals surface area contributed by atoms with Gasteiger partial charge in [-0.25, -0.2) is 14.6 Å². The maximum atomic E-state index is 4.45. The van der Waals surface area contributed by atoms with Gasteiger partial charge in [0, 0.05) is 16.2 Å². The Hall–Kier alpha value is -1.77. The SMILES string of the molecule is Cn1ncnc1Cn1cnc(-c2ccc(I)cc2)n1. The van der Waals surface area contributed by atoms with E-state index in [2.05, 4.69) is 42.8 Å². The standard InChI is InChI=1S/C12H11IN6/c1-18-11(14-7-16-18)6-19-8-15-12(17-19)9-2-4-10(13)5-3-9/h2-5,7-8H,6H2,1H3. The molecule has 6 nitrogen and oxygen atoms in total. The second-order valence-electron chi connectivity index (χ2n) is 4.07. The summed E-state index contributed by atoms with van der Waals surface area (Å²) in [6.45, 7) is 0.563. The third kappa shape index (κ3) is 2.65. The normalized spacial score (nSPS) is 10.8. The minimum Gasteiger partial charge on any atom is -0.251 e. The van der Waals surface area contributed by atoms with Crippen LogP contribution in [0.4, 0.5) is 0 Å². The van der Waals surface area contributed by atoms with Crippen LogP contribution in [-0.4, -0.2) is 29.5 Å². The monoisotopic (exact) mass is 366 g/mol. The molecule has 7 heteroatoms. The summed E-state index contributed by atoms with van der Waals surface area (Å²) < 4.78 is 4.68. The van der Waals surface area contributed by atoms with Crippen LogP contribution in [0.25, 0.3) is 11.4 Å². The lowest BCUT2D eigenvalue weighted by atomic mass is 10.2. The lowest BCUT2D eigenvalue weighted by molar-refractivity contribution is 0.608. The number of hydrogen-bond donors (Lipinski definition) is 0. The third-order valence-electron chi connectivity index (χ3n) is 2.75. The van der Waals surface area contributed by atoms with E-state index >= 15 is 0 Å². The number of aryl methyl sites for hydroxylation is 1. The molecule has 3 rings (SSSR count). The number of aromatic nitrogens is 6. The summed E-state index contributed by atoms with van der Waals surface area (Å²) in [5, 5.41) is 8.48. The third-order valence-corrected chi connectivity index (χ3v) is 3.47. The molecule has 0 aliphatic heterocycles. The fourth-order valence-electron chi connectivity index (χ4n) is 1.71. The molecule has 0 saturated heterocycles. The highest BCUT2D eigenvalue weighted by atomic mass is 127. The van der Waals surface area contributed by atoms with Gasteiger partial charge in [-0.1, -0.05) is 12.1 Å². The Balaban J connectivity index is 1.83. The maximum absolute atomic E-state index is 4.45. The van der Waals surface area contributed by atoms with Crippen molar-refractivity contribution in [3.05, 3.63) is 46.3 Å². The van der Waals surface area contributed by atoms with Gasteiger partial charge in [-0.15, -0.1) is 0 Å².